The van der Waals surface area contributed by atoms with Gasteiger partial charge in [-0.25, -0.2) is 4.79 Å². The number of carboxylic acids is 1. The van der Waals surface area contributed by atoms with Crippen LogP contribution in [0.2, 0.25) is 0 Å². The summed E-state index contributed by atoms with van der Waals surface area (Å²) in [4.78, 5) is 37.3. The predicted molar refractivity (Wildman–Crippen MR) is 103 cm³/mol. The first-order valence-electron chi connectivity index (χ1n) is 8.28. The maximum Gasteiger partial charge on any atom is 0.335 e. The highest BCUT2D eigenvalue weighted by molar-refractivity contribution is 8.18. The van der Waals surface area contributed by atoms with Crippen LogP contribution in [-0.2, 0) is 11.3 Å². The van der Waals surface area contributed by atoms with Gasteiger partial charge in [-0.2, -0.15) is 0 Å². The SMILES string of the molecule is CCOc1ccc(/C=C2\SC(=O)N(Cc3cccc(C(=O)O)c3)C2=O)cc1. The minimum absolute atomic E-state index is 0.0341. The smallest absolute Gasteiger partial charge is 0.335 e. The Morgan fingerprint density at radius 3 is 2.59 bits per heavy atom. The summed E-state index contributed by atoms with van der Waals surface area (Å²) in [6, 6.07) is 13.4. The second-order valence-corrected chi connectivity index (χ2v) is 6.77. The zero-order valence-electron chi connectivity index (χ0n) is 14.5. The summed E-state index contributed by atoms with van der Waals surface area (Å²) in [6.45, 7) is 2.50. The Hall–Kier alpha value is -3.06. The van der Waals surface area contributed by atoms with Gasteiger partial charge in [0.1, 0.15) is 5.75 Å². The molecule has 0 aromatic heterocycles. The predicted octanol–water partition coefficient (Wildman–Crippen LogP) is 4.02. The lowest BCUT2D eigenvalue weighted by Gasteiger charge is -2.12. The zero-order chi connectivity index (χ0) is 19.4. The van der Waals surface area contributed by atoms with Gasteiger partial charge in [0, 0.05) is 0 Å². The molecule has 0 bridgehead atoms. The normalized spacial score (nSPS) is 15.4. The summed E-state index contributed by atoms with van der Waals surface area (Å²) < 4.78 is 5.38. The van der Waals surface area contributed by atoms with E-state index in [9.17, 15) is 14.4 Å². The summed E-state index contributed by atoms with van der Waals surface area (Å²) in [6.07, 6.45) is 1.66. The molecule has 2 amide bonds. The van der Waals surface area contributed by atoms with Crippen LogP contribution in [0.25, 0.3) is 6.08 Å². The van der Waals surface area contributed by atoms with Crippen LogP contribution >= 0.6 is 11.8 Å². The maximum absolute atomic E-state index is 12.6. The van der Waals surface area contributed by atoms with Crippen molar-refractivity contribution in [1.82, 2.24) is 4.90 Å². The Bertz CT molecular complexity index is 920. The minimum atomic E-state index is -1.05. The first-order valence-corrected chi connectivity index (χ1v) is 9.10. The van der Waals surface area contributed by atoms with E-state index in [0.29, 0.717) is 17.1 Å². The number of benzene rings is 2. The van der Waals surface area contributed by atoms with E-state index in [0.717, 1.165) is 28.0 Å². The molecule has 0 radical (unpaired) electrons. The van der Waals surface area contributed by atoms with E-state index in [1.807, 2.05) is 19.1 Å². The molecule has 0 spiro atoms. The number of ether oxygens (including phenoxy) is 1. The summed E-state index contributed by atoms with van der Waals surface area (Å²) in [5, 5.41) is 8.69. The summed E-state index contributed by atoms with van der Waals surface area (Å²) in [5.41, 5.74) is 1.49. The van der Waals surface area contributed by atoms with E-state index < -0.39 is 5.97 Å². The Balaban J connectivity index is 1.76. The quantitative estimate of drug-likeness (QED) is 0.759. The van der Waals surface area contributed by atoms with Crippen molar-refractivity contribution in [3.05, 3.63) is 70.1 Å². The van der Waals surface area contributed by atoms with E-state index in [1.165, 1.54) is 12.1 Å². The second kappa shape index (κ2) is 8.09. The van der Waals surface area contributed by atoms with Gasteiger partial charge in [-0.15, -0.1) is 0 Å². The molecule has 2 aromatic carbocycles. The van der Waals surface area contributed by atoms with Crippen LogP contribution in [-0.4, -0.2) is 33.7 Å². The fourth-order valence-electron chi connectivity index (χ4n) is 2.60. The van der Waals surface area contributed by atoms with Crippen LogP contribution in [0.5, 0.6) is 5.75 Å². The van der Waals surface area contributed by atoms with Crippen LogP contribution in [0.1, 0.15) is 28.4 Å². The maximum atomic E-state index is 12.6. The minimum Gasteiger partial charge on any atom is -0.494 e. The van der Waals surface area contributed by atoms with Crippen molar-refractivity contribution in [1.29, 1.82) is 0 Å². The van der Waals surface area contributed by atoms with E-state index in [1.54, 1.807) is 30.3 Å². The molecule has 1 aliphatic heterocycles. The van der Waals surface area contributed by atoms with Crippen molar-refractivity contribution in [2.45, 2.75) is 13.5 Å². The van der Waals surface area contributed by atoms with Crippen LogP contribution in [0, 0.1) is 0 Å². The van der Waals surface area contributed by atoms with Crippen LogP contribution < -0.4 is 4.74 Å². The molecular weight excluding hydrogens is 366 g/mol. The number of aromatic carboxylic acids is 1. The van der Waals surface area contributed by atoms with Gasteiger partial charge in [0.15, 0.2) is 0 Å². The Morgan fingerprint density at radius 1 is 1.19 bits per heavy atom. The molecule has 1 aliphatic rings. The highest BCUT2D eigenvalue weighted by Crippen LogP contribution is 2.33. The molecule has 27 heavy (non-hydrogen) atoms. The molecule has 0 aliphatic carbocycles. The molecule has 1 fully saturated rings. The van der Waals surface area contributed by atoms with Crippen LogP contribution in [0.3, 0.4) is 0 Å². The number of hydrogen-bond acceptors (Lipinski definition) is 5. The number of carbonyl (C=O) groups is 3. The molecule has 1 saturated heterocycles. The molecule has 7 heteroatoms. The number of carboxylic acid groups (broad SMARTS) is 1. The van der Waals surface area contributed by atoms with Crippen molar-refractivity contribution in [3.63, 3.8) is 0 Å². The Morgan fingerprint density at radius 2 is 1.93 bits per heavy atom. The van der Waals surface area contributed by atoms with Crippen molar-refractivity contribution >= 4 is 35.0 Å². The van der Waals surface area contributed by atoms with Crippen LogP contribution in [0.4, 0.5) is 4.79 Å². The average Bonchev–Trinajstić information content (AvgIpc) is 2.91. The first kappa shape index (κ1) is 18.7. The van der Waals surface area contributed by atoms with Crippen molar-refractivity contribution in [3.8, 4) is 5.75 Å². The molecule has 3 rings (SSSR count). The van der Waals surface area contributed by atoms with E-state index >= 15 is 0 Å². The molecule has 6 nitrogen and oxygen atoms in total. The number of nitrogens with zero attached hydrogens (tertiary/aromatic N) is 1. The molecule has 138 valence electrons. The molecule has 1 N–H and O–H groups in total. The lowest BCUT2D eigenvalue weighted by atomic mass is 10.1. The molecule has 1 heterocycles. The van der Waals surface area contributed by atoms with Gasteiger partial charge in [-0.1, -0.05) is 24.3 Å². The number of amides is 2. The van der Waals surface area contributed by atoms with Crippen molar-refractivity contribution < 1.29 is 24.2 Å². The van der Waals surface area contributed by atoms with E-state index in [2.05, 4.69) is 0 Å². The van der Waals surface area contributed by atoms with Crippen molar-refractivity contribution in [2.24, 2.45) is 0 Å². The third-order valence-electron chi connectivity index (χ3n) is 3.88. The van der Waals surface area contributed by atoms with Gasteiger partial charge in [-0.05, 0) is 60.2 Å². The monoisotopic (exact) mass is 383 g/mol. The van der Waals surface area contributed by atoms with Gasteiger partial charge in [0.05, 0.1) is 23.6 Å². The fourth-order valence-corrected chi connectivity index (χ4v) is 3.44. The highest BCUT2D eigenvalue weighted by atomic mass is 32.2. The second-order valence-electron chi connectivity index (χ2n) is 5.78. The third-order valence-corrected chi connectivity index (χ3v) is 4.78. The summed E-state index contributed by atoms with van der Waals surface area (Å²) in [5.74, 6) is -0.706. The average molecular weight is 383 g/mol. The number of imide groups is 1. The van der Waals surface area contributed by atoms with Crippen molar-refractivity contribution in [2.75, 3.05) is 6.61 Å². The Kier molecular flexibility index (Phi) is 5.61. The molecule has 0 atom stereocenters. The third kappa shape index (κ3) is 4.38. The van der Waals surface area contributed by atoms with Gasteiger partial charge < -0.3 is 9.84 Å². The van der Waals surface area contributed by atoms with Gasteiger partial charge in [0.25, 0.3) is 11.1 Å². The standard InChI is InChI=1S/C20H17NO5S/c1-2-26-16-8-6-13(7-9-16)11-17-18(22)21(20(25)27-17)12-14-4-3-5-15(10-14)19(23)24/h3-11H,2,12H2,1H3,(H,23,24)/b17-11-. The first-order chi connectivity index (χ1) is 13.0. The molecule has 2 aromatic rings. The van der Waals surface area contributed by atoms with Crippen LogP contribution in [0.15, 0.2) is 53.4 Å². The number of carbonyl (C=O) groups excluding carboxylic acids is 2. The molecule has 0 unspecified atom stereocenters. The van der Waals surface area contributed by atoms with Gasteiger partial charge >= 0.3 is 5.97 Å². The lowest BCUT2D eigenvalue weighted by Crippen LogP contribution is -2.27. The Labute approximate surface area is 160 Å². The highest BCUT2D eigenvalue weighted by Gasteiger charge is 2.35. The topological polar surface area (TPSA) is 83.9 Å². The van der Waals surface area contributed by atoms with Gasteiger partial charge in [-0.3, -0.25) is 14.5 Å². The lowest BCUT2D eigenvalue weighted by molar-refractivity contribution is -0.123. The number of hydrogen-bond donors (Lipinski definition) is 1. The molecule has 0 saturated carbocycles. The fraction of sp³-hybridized carbons (Fsp3) is 0.150. The summed E-state index contributed by atoms with van der Waals surface area (Å²) >= 11 is 0.872. The van der Waals surface area contributed by atoms with E-state index in [-0.39, 0.29) is 23.3 Å². The van der Waals surface area contributed by atoms with Gasteiger partial charge in [0.2, 0.25) is 0 Å². The van der Waals surface area contributed by atoms with E-state index in [4.69, 9.17) is 9.84 Å². The largest absolute Gasteiger partial charge is 0.494 e. The molecular formula is C20H17NO5S. The number of rotatable bonds is 6. The zero-order valence-corrected chi connectivity index (χ0v) is 15.4. The number of thioether (sulfide) groups is 1. The summed E-state index contributed by atoms with van der Waals surface area (Å²) in [7, 11) is 0.